The summed E-state index contributed by atoms with van der Waals surface area (Å²) >= 11 is 0. The molecule has 0 fully saturated rings. The number of rotatable bonds is 10. The first-order chi connectivity index (χ1) is 16.6. The summed E-state index contributed by atoms with van der Waals surface area (Å²) in [7, 11) is 3.17. The van der Waals surface area contributed by atoms with Crippen molar-refractivity contribution in [2.45, 2.75) is 0 Å². The standard InChI is InChI=1S/C25H25N5O4/c1-4-23(31)28-18-6-5-7-20(15-18)34-24-22(33-3)16-27-25(29-24)30(12-13-32-2)19-8-9-21-17(14-19)10-11-26-21/h4-11,14-16,26H,1,12-13H2,2-3H3,(H,28,31). The van der Waals surface area contributed by atoms with Crippen LogP contribution in [-0.2, 0) is 9.53 Å². The highest BCUT2D eigenvalue weighted by Gasteiger charge is 2.18. The van der Waals surface area contributed by atoms with E-state index in [4.69, 9.17) is 14.2 Å². The first-order valence-corrected chi connectivity index (χ1v) is 10.6. The Morgan fingerprint density at radius 1 is 1.21 bits per heavy atom. The quantitative estimate of drug-likeness (QED) is 0.332. The van der Waals surface area contributed by atoms with Crippen LogP contribution in [0.4, 0.5) is 17.3 Å². The molecule has 0 saturated heterocycles. The van der Waals surface area contributed by atoms with Crippen molar-refractivity contribution in [2.75, 3.05) is 37.6 Å². The molecule has 0 spiro atoms. The topological polar surface area (TPSA) is 102 Å². The average molecular weight is 460 g/mol. The van der Waals surface area contributed by atoms with Gasteiger partial charge < -0.3 is 29.4 Å². The second-order valence-corrected chi connectivity index (χ2v) is 7.26. The lowest BCUT2D eigenvalue weighted by molar-refractivity contribution is -0.111. The predicted molar refractivity (Wildman–Crippen MR) is 131 cm³/mol. The van der Waals surface area contributed by atoms with Crippen LogP contribution in [0.3, 0.4) is 0 Å². The maximum Gasteiger partial charge on any atom is 0.267 e. The maximum atomic E-state index is 11.6. The van der Waals surface area contributed by atoms with E-state index in [0.29, 0.717) is 36.3 Å². The van der Waals surface area contributed by atoms with E-state index in [9.17, 15) is 4.79 Å². The molecule has 0 bridgehead atoms. The predicted octanol–water partition coefficient (Wildman–Crippen LogP) is 4.67. The summed E-state index contributed by atoms with van der Waals surface area (Å²) in [5, 5.41) is 3.78. The van der Waals surface area contributed by atoms with E-state index >= 15 is 0 Å². The van der Waals surface area contributed by atoms with Crippen LogP contribution in [-0.4, -0.2) is 48.2 Å². The highest BCUT2D eigenvalue weighted by atomic mass is 16.5. The van der Waals surface area contributed by atoms with E-state index in [1.54, 1.807) is 37.6 Å². The number of hydrogen-bond donors (Lipinski definition) is 2. The lowest BCUT2D eigenvalue weighted by atomic mass is 10.2. The molecular formula is C25H25N5O4. The zero-order chi connectivity index (χ0) is 23.9. The summed E-state index contributed by atoms with van der Waals surface area (Å²) in [4.78, 5) is 25.9. The van der Waals surface area contributed by atoms with Crippen molar-refractivity contribution in [1.82, 2.24) is 15.0 Å². The summed E-state index contributed by atoms with van der Waals surface area (Å²) in [6.07, 6.45) is 4.66. The van der Waals surface area contributed by atoms with Crippen LogP contribution in [0.2, 0.25) is 0 Å². The number of nitrogens with zero attached hydrogens (tertiary/aromatic N) is 3. The fraction of sp³-hybridized carbons (Fsp3) is 0.160. The van der Waals surface area contributed by atoms with Crippen LogP contribution < -0.4 is 19.7 Å². The number of carbonyl (C=O) groups excluding carboxylic acids is 1. The number of carbonyl (C=O) groups is 1. The third-order valence-corrected chi connectivity index (χ3v) is 5.04. The summed E-state index contributed by atoms with van der Waals surface area (Å²) in [6.45, 7) is 4.47. The minimum absolute atomic E-state index is 0.241. The Bertz CT molecular complexity index is 1300. The molecule has 0 saturated carbocycles. The van der Waals surface area contributed by atoms with Gasteiger partial charge in [-0.1, -0.05) is 12.6 Å². The van der Waals surface area contributed by atoms with Crippen molar-refractivity contribution in [2.24, 2.45) is 0 Å². The van der Waals surface area contributed by atoms with Gasteiger partial charge in [-0.15, -0.1) is 0 Å². The van der Waals surface area contributed by atoms with Gasteiger partial charge in [0.25, 0.3) is 5.88 Å². The van der Waals surface area contributed by atoms with Gasteiger partial charge in [-0.25, -0.2) is 4.98 Å². The molecule has 1 amide bonds. The van der Waals surface area contributed by atoms with Crippen molar-refractivity contribution in [3.05, 3.63) is 73.6 Å². The number of H-pyrrole nitrogens is 1. The van der Waals surface area contributed by atoms with E-state index in [1.165, 1.54) is 13.2 Å². The minimum atomic E-state index is -0.313. The smallest absolute Gasteiger partial charge is 0.267 e. The van der Waals surface area contributed by atoms with Crippen molar-refractivity contribution in [3.8, 4) is 17.4 Å². The fourth-order valence-electron chi connectivity index (χ4n) is 3.37. The van der Waals surface area contributed by atoms with Crippen molar-refractivity contribution in [1.29, 1.82) is 0 Å². The number of benzene rings is 2. The number of fused-ring (bicyclic) bond motifs is 1. The van der Waals surface area contributed by atoms with Crippen LogP contribution in [0.1, 0.15) is 0 Å². The average Bonchev–Trinajstić information content (AvgIpc) is 3.33. The number of methoxy groups -OCH3 is 2. The molecule has 0 aliphatic rings. The first kappa shape index (κ1) is 22.8. The van der Waals surface area contributed by atoms with Gasteiger partial charge in [0.15, 0.2) is 5.75 Å². The molecule has 2 N–H and O–H groups in total. The van der Waals surface area contributed by atoms with Gasteiger partial charge in [-0.3, -0.25) is 4.79 Å². The van der Waals surface area contributed by atoms with Crippen LogP contribution >= 0.6 is 0 Å². The molecule has 4 aromatic rings. The molecular weight excluding hydrogens is 434 g/mol. The van der Waals surface area contributed by atoms with E-state index in [1.807, 2.05) is 29.3 Å². The molecule has 0 atom stereocenters. The molecule has 4 rings (SSSR count). The number of anilines is 3. The molecule has 34 heavy (non-hydrogen) atoms. The lowest BCUT2D eigenvalue weighted by Crippen LogP contribution is -2.24. The van der Waals surface area contributed by atoms with E-state index in [0.717, 1.165) is 16.6 Å². The minimum Gasteiger partial charge on any atom is -0.490 e. The van der Waals surface area contributed by atoms with E-state index < -0.39 is 0 Å². The van der Waals surface area contributed by atoms with Crippen molar-refractivity contribution >= 4 is 34.1 Å². The van der Waals surface area contributed by atoms with Crippen LogP contribution in [0.5, 0.6) is 17.4 Å². The van der Waals surface area contributed by atoms with Gasteiger partial charge in [-0.05, 0) is 42.5 Å². The normalized spacial score (nSPS) is 10.6. The molecule has 174 valence electrons. The second kappa shape index (κ2) is 10.5. The Morgan fingerprint density at radius 3 is 2.88 bits per heavy atom. The number of hydrogen-bond acceptors (Lipinski definition) is 7. The van der Waals surface area contributed by atoms with Crippen LogP contribution in [0.15, 0.2) is 73.6 Å². The number of aromatic amines is 1. The van der Waals surface area contributed by atoms with Crippen molar-refractivity contribution in [3.63, 3.8) is 0 Å². The molecule has 9 nitrogen and oxygen atoms in total. The highest BCUT2D eigenvalue weighted by Crippen LogP contribution is 2.33. The number of aromatic nitrogens is 3. The molecule has 0 aliphatic carbocycles. The summed E-state index contributed by atoms with van der Waals surface area (Å²) in [5.74, 6) is 1.20. The van der Waals surface area contributed by atoms with Gasteiger partial charge in [0, 0.05) is 48.2 Å². The molecule has 0 aliphatic heterocycles. The van der Waals surface area contributed by atoms with Crippen molar-refractivity contribution < 1.29 is 19.0 Å². The fourth-order valence-corrected chi connectivity index (χ4v) is 3.37. The Kier molecular flexibility index (Phi) is 7.04. The Morgan fingerprint density at radius 2 is 2.09 bits per heavy atom. The highest BCUT2D eigenvalue weighted by molar-refractivity contribution is 5.98. The maximum absolute atomic E-state index is 11.6. The van der Waals surface area contributed by atoms with E-state index in [-0.39, 0.29) is 11.8 Å². The first-order valence-electron chi connectivity index (χ1n) is 10.6. The lowest BCUT2D eigenvalue weighted by Gasteiger charge is -2.23. The Hall–Kier alpha value is -4.37. The largest absolute Gasteiger partial charge is 0.490 e. The molecule has 2 aromatic heterocycles. The molecule has 0 radical (unpaired) electrons. The zero-order valence-electron chi connectivity index (χ0n) is 18.9. The van der Waals surface area contributed by atoms with Gasteiger partial charge >= 0.3 is 0 Å². The summed E-state index contributed by atoms with van der Waals surface area (Å²) in [5.41, 5.74) is 2.52. The van der Waals surface area contributed by atoms with Crippen LogP contribution in [0, 0.1) is 0 Å². The molecule has 2 heterocycles. The molecule has 9 heteroatoms. The van der Waals surface area contributed by atoms with E-state index in [2.05, 4.69) is 32.9 Å². The van der Waals surface area contributed by atoms with Gasteiger partial charge in [0.1, 0.15) is 5.75 Å². The third kappa shape index (κ3) is 5.16. The second-order valence-electron chi connectivity index (χ2n) is 7.26. The van der Waals surface area contributed by atoms with Gasteiger partial charge in [-0.2, -0.15) is 4.98 Å². The number of nitrogens with one attached hydrogen (secondary N) is 2. The molecule has 0 unspecified atom stereocenters. The number of amides is 1. The SMILES string of the molecule is C=CC(=O)Nc1cccc(Oc2nc(N(CCOC)c3ccc4[nH]ccc4c3)ncc2OC)c1. The summed E-state index contributed by atoms with van der Waals surface area (Å²) in [6, 6.07) is 15.0. The number of ether oxygens (including phenoxy) is 3. The van der Waals surface area contributed by atoms with Crippen LogP contribution in [0.25, 0.3) is 10.9 Å². The third-order valence-electron chi connectivity index (χ3n) is 5.04. The van der Waals surface area contributed by atoms with Gasteiger partial charge in [0.2, 0.25) is 11.9 Å². The Labute approximate surface area is 197 Å². The molecule has 2 aromatic carbocycles. The zero-order valence-corrected chi connectivity index (χ0v) is 18.9. The summed E-state index contributed by atoms with van der Waals surface area (Å²) < 4.78 is 16.8. The Balaban J connectivity index is 1.67. The van der Waals surface area contributed by atoms with Gasteiger partial charge in [0.05, 0.1) is 19.9 Å². The monoisotopic (exact) mass is 459 g/mol.